The Morgan fingerprint density at radius 3 is 0.878 bits per heavy atom. The van der Waals surface area contributed by atoms with Gasteiger partial charge in [0.05, 0.1) is 0 Å². The lowest BCUT2D eigenvalue weighted by molar-refractivity contribution is -0.404. The van der Waals surface area contributed by atoms with E-state index in [-0.39, 0.29) is 0 Å². The Kier molecular flexibility index (Phi) is 18.4. The van der Waals surface area contributed by atoms with E-state index in [0.29, 0.717) is 0 Å². The summed E-state index contributed by atoms with van der Waals surface area (Å²) in [6, 6.07) is 0. The van der Waals surface area contributed by atoms with E-state index >= 15 is 0 Å². The van der Waals surface area contributed by atoms with Crippen molar-refractivity contribution < 1.29 is 84.0 Å². The van der Waals surface area contributed by atoms with E-state index < -0.39 is 44.7 Å². The molecule has 0 saturated carbocycles. The van der Waals surface area contributed by atoms with E-state index in [1.807, 2.05) is 0 Å². The van der Waals surface area contributed by atoms with Gasteiger partial charge in [0.2, 0.25) is 0 Å². The Hall–Kier alpha value is -0.510. The number of unbranched alkanes of at least 4 members (excludes halogenated alkanes) is 11. The minimum absolute atomic E-state index is 1.29. The van der Waals surface area contributed by atoms with Crippen molar-refractivity contribution in [2.75, 3.05) is 6.16 Å². The van der Waals surface area contributed by atoms with Gasteiger partial charge in [-0.05, 0) is 12.6 Å². The molecule has 21 heteroatoms. The summed E-state index contributed by atoms with van der Waals surface area (Å²) >= 11 is 0. The molecule has 41 heavy (non-hydrogen) atoms. The SMILES string of the molecule is CCCCCCCCCCCCCCP.O=P(OC(F)(F)C(F)(F)F)(OC(F)(F)C(F)(F)F)OC(F)(F)C(F)(F)F. The Balaban J connectivity index is 0. The lowest BCUT2D eigenvalue weighted by Crippen LogP contribution is -2.45. The molecule has 0 aliphatic heterocycles. The topological polar surface area (TPSA) is 44.8 Å². The molecule has 1 unspecified atom stereocenters. The summed E-state index contributed by atoms with van der Waals surface area (Å²) < 4.78 is 197. The molecular formula is C20H31F15O4P2. The number of alkyl halides is 15. The van der Waals surface area contributed by atoms with Crippen molar-refractivity contribution in [2.45, 2.75) is 121 Å². The number of phosphoric ester groups is 1. The molecule has 250 valence electrons. The molecule has 0 N–H and O–H groups in total. The zero-order valence-corrected chi connectivity index (χ0v) is 23.6. The lowest BCUT2D eigenvalue weighted by Gasteiger charge is -2.30. The molecule has 4 nitrogen and oxygen atoms in total. The highest BCUT2D eigenvalue weighted by molar-refractivity contribution is 7.48. The third kappa shape index (κ3) is 17.4. The Morgan fingerprint density at radius 1 is 0.463 bits per heavy atom. The zero-order valence-electron chi connectivity index (χ0n) is 21.5. The monoisotopic (exact) mass is 682 g/mol. The van der Waals surface area contributed by atoms with Gasteiger partial charge in [-0.2, -0.15) is 65.9 Å². The molecule has 0 bridgehead atoms. The quantitative estimate of drug-likeness (QED) is 0.0820. The summed E-state index contributed by atoms with van der Waals surface area (Å²) in [4.78, 5) is 0. The molecule has 0 amide bonds. The van der Waals surface area contributed by atoms with Gasteiger partial charge in [-0.1, -0.05) is 77.6 Å². The highest BCUT2D eigenvalue weighted by atomic mass is 31.2. The fourth-order valence-electron chi connectivity index (χ4n) is 2.62. The second-order valence-corrected chi connectivity index (χ2v) is 10.5. The maximum Gasteiger partial charge on any atom is 0.489 e. The van der Waals surface area contributed by atoms with E-state index in [0.717, 1.165) is 0 Å². The van der Waals surface area contributed by atoms with Gasteiger partial charge in [0, 0.05) is 0 Å². The summed E-state index contributed by atoms with van der Waals surface area (Å²) in [5.41, 5.74) is 0. The largest absolute Gasteiger partial charge is 0.489 e. The van der Waals surface area contributed by atoms with Crippen molar-refractivity contribution >= 4 is 17.1 Å². The van der Waals surface area contributed by atoms with E-state index in [2.05, 4.69) is 16.2 Å². The van der Waals surface area contributed by atoms with Crippen LogP contribution in [0.3, 0.4) is 0 Å². The van der Waals surface area contributed by atoms with Crippen LogP contribution in [0.25, 0.3) is 0 Å². The minimum atomic E-state index is -8.28. The highest BCUT2D eigenvalue weighted by Crippen LogP contribution is 2.64. The second kappa shape index (κ2) is 17.7. The van der Waals surface area contributed by atoms with Gasteiger partial charge in [0.25, 0.3) is 0 Å². The molecule has 0 saturated heterocycles. The first-order valence-corrected chi connectivity index (χ1v) is 14.3. The summed E-state index contributed by atoms with van der Waals surface area (Å²) in [5.74, 6) is 0. The smallest absolute Gasteiger partial charge is 0.227 e. The average Bonchev–Trinajstić information content (AvgIpc) is 2.74. The zero-order chi connectivity index (χ0) is 32.8. The van der Waals surface area contributed by atoms with Gasteiger partial charge in [-0.3, -0.25) is 0 Å². The number of hydrogen-bond donors (Lipinski definition) is 0. The first-order chi connectivity index (χ1) is 18.3. The van der Waals surface area contributed by atoms with E-state index in [9.17, 15) is 70.4 Å². The number of halogens is 15. The maximum atomic E-state index is 12.4. The van der Waals surface area contributed by atoms with Gasteiger partial charge in [-0.15, -0.1) is 9.24 Å². The molecule has 0 aliphatic carbocycles. The van der Waals surface area contributed by atoms with Crippen LogP contribution < -0.4 is 0 Å². The molecule has 0 rings (SSSR count). The third-order valence-corrected chi connectivity index (χ3v) is 6.49. The molecule has 0 radical (unpaired) electrons. The van der Waals surface area contributed by atoms with Crippen molar-refractivity contribution in [2.24, 2.45) is 0 Å². The van der Waals surface area contributed by atoms with Gasteiger partial charge in [-0.25, -0.2) is 18.1 Å². The van der Waals surface area contributed by atoms with Crippen LogP contribution in [0.15, 0.2) is 0 Å². The van der Waals surface area contributed by atoms with Crippen LogP contribution in [-0.2, 0) is 18.1 Å². The molecule has 0 aliphatic rings. The van der Waals surface area contributed by atoms with Crippen molar-refractivity contribution in [3.05, 3.63) is 0 Å². The van der Waals surface area contributed by atoms with E-state index in [4.69, 9.17) is 0 Å². The van der Waals surface area contributed by atoms with E-state index in [1.165, 1.54) is 83.2 Å². The summed E-state index contributed by atoms with van der Waals surface area (Å²) in [6.45, 7) is 2.29. The third-order valence-electron chi connectivity index (χ3n) is 4.73. The molecule has 0 aromatic rings. The number of hydrogen-bond acceptors (Lipinski definition) is 4. The Labute approximate surface area is 228 Å². The molecule has 0 heterocycles. The van der Waals surface area contributed by atoms with Crippen molar-refractivity contribution in [1.82, 2.24) is 0 Å². The van der Waals surface area contributed by atoms with Crippen LogP contribution in [-0.4, -0.2) is 43.0 Å². The molecule has 1 atom stereocenters. The first-order valence-electron chi connectivity index (χ1n) is 12.0. The van der Waals surface area contributed by atoms with Crippen LogP contribution in [0.5, 0.6) is 0 Å². The predicted octanol–water partition coefficient (Wildman–Crippen LogP) is 11.2. The summed E-state index contributed by atoms with van der Waals surface area (Å²) in [6.07, 6.45) is -24.0. The van der Waals surface area contributed by atoms with Crippen molar-refractivity contribution in [1.29, 1.82) is 0 Å². The lowest BCUT2D eigenvalue weighted by atomic mass is 10.1. The molecule has 0 aromatic carbocycles. The van der Waals surface area contributed by atoms with Gasteiger partial charge in [0.1, 0.15) is 0 Å². The molecule has 0 fully saturated rings. The van der Waals surface area contributed by atoms with Crippen LogP contribution >= 0.6 is 17.1 Å². The van der Waals surface area contributed by atoms with Crippen molar-refractivity contribution in [3.8, 4) is 0 Å². The summed E-state index contributed by atoms with van der Waals surface area (Å²) in [7, 11) is -5.47. The maximum absolute atomic E-state index is 12.4. The van der Waals surface area contributed by atoms with Crippen molar-refractivity contribution in [3.63, 3.8) is 0 Å². The normalized spacial score (nSPS) is 14.2. The Morgan fingerprint density at radius 2 is 0.683 bits per heavy atom. The first kappa shape index (κ1) is 42.6. The van der Waals surface area contributed by atoms with Gasteiger partial charge < -0.3 is 0 Å². The minimum Gasteiger partial charge on any atom is -0.227 e. The highest BCUT2D eigenvalue weighted by Gasteiger charge is 2.72. The van der Waals surface area contributed by atoms with Crippen LogP contribution in [0.2, 0.25) is 0 Å². The predicted molar refractivity (Wildman–Crippen MR) is 120 cm³/mol. The van der Waals surface area contributed by atoms with Gasteiger partial charge >= 0.3 is 44.7 Å². The number of phosphoric acid groups is 1. The fraction of sp³-hybridized carbons (Fsp3) is 1.00. The van der Waals surface area contributed by atoms with Crippen LogP contribution in [0.1, 0.15) is 84.0 Å². The Bertz CT molecular complexity index is 668. The fourth-order valence-corrected chi connectivity index (χ4v) is 4.17. The molecule has 0 spiro atoms. The van der Waals surface area contributed by atoms with Crippen LogP contribution in [0, 0.1) is 0 Å². The standard InChI is InChI=1S/C14H31P.C6F15O4P/c1-2-3-4-5-6-7-8-9-10-11-12-13-14-15;7-1(8,9)4(16,17)23-26(22,24-5(18,19)2(10,11)12)25-6(20,21)3(13,14)15/h2-15H2,1H3;. The molecular weight excluding hydrogens is 651 g/mol. The molecule has 0 aromatic heterocycles. The summed E-state index contributed by atoms with van der Waals surface area (Å²) in [5, 5.41) is 0. The van der Waals surface area contributed by atoms with E-state index in [1.54, 1.807) is 13.6 Å². The number of rotatable bonds is 18. The van der Waals surface area contributed by atoms with Crippen LogP contribution in [0.4, 0.5) is 65.9 Å². The second-order valence-electron chi connectivity index (χ2n) is 8.44. The van der Waals surface area contributed by atoms with Gasteiger partial charge in [0.15, 0.2) is 0 Å². The average molecular weight is 682 g/mol.